The topological polar surface area (TPSA) is 120 Å². The van der Waals surface area contributed by atoms with Crippen LogP contribution in [0.5, 0.6) is 0 Å². The van der Waals surface area contributed by atoms with Crippen LogP contribution < -0.4 is 16.6 Å². The Kier molecular flexibility index (Phi) is 4.95. The molecule has 4 rings (SSSR count). The Labute approximate surface area is 165 Å². The third kappa shape index (κ3) is 3.66. The van der Waals surface area contributed by atoms with Gasteiger partial charge in [-0.1, -0.05) is 23.4 Å². The lowest BCUT2D eigenvalue weighted by Gasteiger charge is -2.23. The maximum Gasteiger partial charge on any atom is 0.276 e. The minimum atomic E-state index is -0.515. The molecule has 0 radical (unpaired) electrons. The molecule has 0 aliphatic carbocycles. The first-order valence-corrected chi connectivity index (χ1v) is 8.60. The van der Waals surface area contributed by atoms with Gasteiger partial charge in [-0.25, -0.2) is 10.2 Å². The van der Waals surface area contributed by atoms with Crippen LogP contribution in [0, 0.1) is 5.82 Å². The molecule has 0 spiro atoms. The summed E-state index contributed by atoms with van der Waals surface area (Å²) in [6, 6.07) is 14.8. The molecule has 0 saturated carbocycles. The number of benzene rings is 1. The number of para-hydroxylation sites is 1. The van der Waals surface area contributed by atoms with Gasteiger partial charge in [0.2, 0.25) is 5.82 Å². The molecule has 8 nitrogen and oxygen atoms in total. The van der Waals surface area contributed by atoms with E-state index in [0.29, 0.717) is 17.1 Å². The van der Waals surface area contributed by atoms with Crippen LogP contribution >= 0.6 is 0 Å². The highest BCUT2D eigenvalue weighted by atomic mass is 19.1. The summed E-state index contributed by atoms with van der Waals surface area (Å²) >= 11 is 0. The summed E-state index contributed by atoms with van der Waals surface area (Å²) in [5.74, 6) is 6.10. The summed E-state index contributed by atoms with van der Waals surface area (Å²) in [5.41, 5.74) is 7.86. The van der Waals surface area contributed by atoms with Crippen LogP contribution in [0.1, 0.15) is 11.6 Å². The number of pyridine rings is 2. The van der Waals surface area contributed by atoms with Crippen LogP contribution in [-0.4, -0.2) is 20.1 Å². The van der Waals surface area contributed by atoms with Crippen molar-refractivity contribution in [1.29, 1.82) is 0 Å². The summed E-state index contributed by atoms with van der Waals surface area (Å²) in [6.07, 6.45) is 4.81. The fourth-order valence-corrected chi connectivity index (χ4v) is 2.71. The number of rotatable bonds is 5. The maximum absolute atomic E-state index is 14.3. The zero-order valence-electron chi connectivity index (χ0n) is 15.1. The highest BCUT2D eigenvalue weighted by Crippen LogP contribution is 2.29. The summed E-state index contributed by atoms with van der Waals surface area (Å²) in [5, 5.41) is 5.07. The first-order valence-electron chi connectivity index (χ1n) is 8.60. The molecule has 4 N–H and O–H groups in total. The zero-order chi connectivity index (χ0) is 20.2. The van der Waals surface area contributed by atoms with Gasteiger partial charge in [-0.15, -0.1) is 0 Å². The number of aromatic nitrogens is 4. The van der Waals surface area contributed by atoms with Crippen molar-refractivity contribution in [3.05, 3.63) is 90.6 Å². The fraction of sp³-hybridized carbons (Fsp3) is 0. The number of anilines is 1. The van der Waals surface area contributed by atoms with E-state index in [-0.39, 0.29) is 23.0 Å². The predicted molar refractivity (Wildman–Crippen MR) is 106 cm³/mol. The lowest BCUT2D eigenvalue weighted by atomic mass is 10.2. The van der Waals surface area contributed by atoms with Crippen molar-refractivity contribution in [2.24, 2.45) is 11.6 Å². The molecule has 4 aromatic rings. The summed E-state index contributed by atoms with van der Waals surface area (Å²) in [4.78, 5) is 12.6. The molecular formula is C20H16FN7O. The second-order valence-electron chi connectivity index (χ2n) is 5.96. The molecule has 0 saturated heterocycles. The van der Waals surface area contributed by atoms with Gasteiger partial charge in [-0.2, -0.15) is 4.98 Å². The predicted octanol–water partition coefficient (Wildman–Crippen LogP) is 2.83. The van der Waals surface area contributed by atoms with E-state index in [1.165, 1.54) is 12.1 Å². The summed E-state index contributed by atoms with van der Waals surface area (Å²) in [7, 11) is 0. The highest BCUT2D eigenvalue weighted by Gasteiger charge is 2.22. The Bertz CT molecular complexity index is 1150. The number of nitrogens with zero attached hydrogens (tertiary/aromatic N) is 5. The largest absolute Gasteiger partial charge is 0.392 e. The summed E-state index contributed by atoms with van der Waals surface area (Å²) in [6.45, 7) is 0. The molecule has 3 heterocycles. The lowest BCUT2D eigenvalue weighted by Crippen LogP contribution is -2.32. The van der Waals surface area contributed by atoms with Crippen molar-refractivity contribution in [1.82, 2.24) is 20.1 Å². The van der Waals surface area contributed by atoms with E-state index in [4.69, 9.17) is 16.1 Å². The Hall–Kier alpha value is -4.11. The first kappa shape index (κ1) is 18.3. The number of halogens is 1. The van der Waals surface area contributed by atoms with Crippen LogP contribution in [0.4, 0.5) is 10.1 Å². The van der Waals surface area contributed by atoms with E-state index in [9.17, 15) is 4.39 Å². The SMILES string of the molecule is N/C(=C(/c1ccccn1)N(N)c1ccccc1F)c1nc(-c2ccncc2)no1. The lowest BCUT2D eigenvalue weighted by molar-refractivity contribution is 0.408. The standard InChI is InChI=1S/C20H16FN7O/c21-14-5-1-2-7-16(14)28(23)18(15-6-3-4-10-25-15)17(22)20-26-19(27-29-20)13-8-11-24-12-9-13/h1-12H,22-23H2/b18-17-. The molecule has 1 aromatic carbocycles. The van der Waals surface area contributed by atoms with Crippen molar-refractivity contribution < 1.29 is 8.91 Å². The molecule has 0 unspecified atom stereocenters. The van der Waals surface area contributed by atoms with E-state index < -0.39 is 5.82 Å². The van der Waals surface area contributed by atoms with E-state index in [0.717, 1.165) is 5.01 Å². The number of hydrazine groups is 1. The monoisotopic (exact) mass is 389 g/mol. The third-order valence-electron chi connectivity index (χ3n) is 4.11. The normalized spacial score (nSPS) is 11.8. The van der Waals surface area contributed by atoms with Crippen molar-refractivity contribution >= 4 is 17.1 Å². The van der Waals surface area contributed by atoms with Crippen molar-refractivity contribution in [3.63, 3.8) is 0 Å². The Morgan fingerprint density at radius 2 is 1.72 bits per heavy atom. The van der Waals surface area contributed by atoms with Crippen molar-refractivity contribution in [3.8, 4) is 11.4 Å². The van der Waals surface area contributed by atoms with E-state index in [1.54, 1.807) is 61.1 Å². The van der Waals surface area contributed by atoms with Gasteiger partial charge in [0.1, 0.15) is 17.2 Å². The van der Waals surface area contributed by atoms with E-state index in [2.05, 4.69) is 20.1 Å². The second-order valence-corrected chi connectivity index (χ2v) is 5.96. The van der Waals surface area contributed by atoms with Crippen molar-refractivity contribution in [2.75, 3.05) is 5.01 Å². The minimum absolute atomic E-state index is 0.0317. The quantitative estimate of drug-likeness (QED) is 0.395. The van der Waals surface area contributed by atoms with Gasteiger partial charge >= 0.3 is 0 Å². The molecule has 0 bridgehead atoms. The number of nitrogens with two attached hydrogens (primary N) is 2. The Morgan fingerprint density at radius 1 is 0.966 bits per heavy atom. The Morgan fingerprint density at radius 3 is 2.45 bits per heavy atom. The van der Waals surface area contributed by atoms with Crippen LogP contribution in [-0.2, 0) is 0 Å². The third-order valence-corrected chi connectivity index (χ3v) is 4.11. The van der Waals surface area contributed by atoms with Crippen LogP contribution in [0.25, 0.3) is 22.8 Å². The zero-order valence-corrected chi connectivity index (χ0v) is 15.1. The highest BCUT2D eigenvalue weighted by molar-refractivity contribution is 5.92. The van der Waals surface area contributed by atoms with Gasteiger partial charge in [0.05, 0.1) is 11.4 Å². The number of hydrogen-bond acceptors (Lipinski definition) is 8. The Balaban J connectivity index is 1.83. The molecule has 0 amide bonds. The van der Waals surface area contributed by atoms with Crippen molar-refractivity contribution in [2.45, 2.75) is 0 Å². The minimum Gasteiger partial charge on any atom is -0.392 e. The first-order chi connectivity index (χ1) is 14.1. The van der Waals surface area contributed by atoms with E-state index >= 15 is 0 Å². The molecule has 3 aromatic heterocycles. The van der Waals surface area contributed by atoms with Gasteiger partial charge in [-0.05, 0) is 36.4 Å². The molecule has 0 atom stereocenters. The van der Waals surface area contributed by atoms with E-state index in [1.807, 2.05) is 0 Å². The van der Waals surface area contributed by atoms with Gasteiger partial charge in [0.25, 0.3) is 5.89 Å². The molecule has 9 heteroatoms. The molecule has 29 heavy (non-hydrogen) atoms. The molecular weight excluding hydrogens is 373 g/mol. The molecule has 0 aliphatic heterocycles. The number of hydrogen-bond donors (Lipinski definition) is 2. The van der Waals surface area contributed by atoms with Gasteiger partial charge in [0, 0.05) is 24.2 Å². The molecule has 144 valence electrons. The second kappa shape index (κ2) is 7.87. The smallest absolute Gasteiger partial charge is 0.276 e. The van der Waals surface area contributed by atoms with Gasteiger partial charge in [0.15, 0.2) is 0 Å². The fourth-order valence-electron chi connectivity index (χ4n) is 2.71. The summed E-state index contributed by atoms with van der Waals surface area (Å²) < 4.78 is 19.7. The average molecular weight is 389 g/mol. The van der Waals surface area contributed by atoms with Gasteiger partial charge < -0.3 is 10.3 Å². The maximum atomic E-state index is 14.3. The van der Waals surface area contributed by atoms with Crippen LogP contribution in [0.3, 0.4) is 0 Å². The van der Waals surface area contributed by atoms with Crippen LogP contribution in [0.2, 0.25) is 0 Å². The average Bonchev–Trinajstić information content (AvgIpc) is 3.26. The van der Waals surface area contributed by atoms with Gasteiger partial charge in [-0.3, -0.25) is 15.0 Å². The molecule has 0 aliphatic rings. The molecule has 0 fully saturated rings. The van der Waals surface area contributed by atoms with Crippen LogP contribution in [0.15, 0.2) is 77.7 Å².